The maximum Gasteiger partial charge on any atom is 0.182 e. The third-order valence-electron chi connectivity index (χ3n) is 5.75. The third kappa shape index (κ3) is 4.81. The molecule has 0 radical (unpaired) electrons. The minimum absolute atomic E-state index is 0.0276. The molecule has 0 amide bonds. The number of hydrogen-bond donors (Lipinski definition) is 2. The monoisotopic (exact) mass is 446 g/mol. The smallest absolute Gasteiger partial charge is 0.182 e. The van der Waals surface area contributed by atoms with Crippen LogP contribution in [0, 0.1) is 24.0 Å². The molecule has 0 fully saturated rings. The molecule has 0 aliphatic carbocycles. The zero-order valence-electron chi connectivity index (χ0n) is 18.3. The number of Topliss-reactive ketones (excluding diaryl/α,β-unsaturated/α-hetero) is 1. The van der Waals surface area contributed by atoms with Crippen molar-refractivity contribution in [2.75, 3.05) is 13.2 Å². The highest BCUT2D eigenvalue weighted by atomic mass is 19.1. The number of rotatable bonds is 11. The second kappa shape index (κ2) is 10.2. The Morgan fingerprint density at radius 2 is 1.84 bits per heavy atom. The van der Waals surface area contributed by atoms with E-state index in [0.717, 1.165) is 25.0 Å². The number of aliphatic hydroxyl groups excluding tert-OH is 2. The number of aliphatic hydroxyl groups is 2. The molecule has 0 saturated heterocycles. The number of unbranched alkanes of at least 4 members (excludes halogenated alkanes) is 1. The Balaban J connectivity index is 1.90. The van der Waals surface area contributed by atoms with Crippen molar-refractivity contribution in [1.29, 1.82) is 0 Å². The summed E-state index contributed by atoms with van der Waals surface area (Å²) in [6, 6.07) is 6.87. The van der Waals surface area contributed by atoms with Gasteiger partial charge in [-0.3, -0.25) is 9.20 Å². The van der Waals surface area contributed by atoms with E-state index in [2.05, 4.69) is 4.98 Å². The van der Waals surface area contributed by atoms with E-state index in [0.29, 0.717) is 23.5 Å². The zero-order valence-corrected chi connectivity index (χ0v) is 18.3. The van der Waals surface area contributed by atoms with E-state index >= 15 is 0 Å². The first-order chi connectivity index (χ1) is 15.4. The lowest BCUT2D eigenvalue weighted by Crippen LogP contribution is -2.33. The van der Waals surface area contributed by atoms with Crippen LogP contribution in [-0.4, -0.2) is 38.6 Å². The first-order valence-corrected chi connectivity index (χ1v) is 10.6. The zero-order chi connectivity index (χ0) is 23.3. The van der Waals surface area contributed by atoms with Gasteiger partial charge in [0.15, 0.2) is 17.2 Å². The summed E-state index contributed by atoms with van der Waals surface area (Å²) in [5, 5.41) is 19.8. The van der Waals surface area contributed by atoms with E-state index in [1.165, 1.54) is 6.07 Å². The molecule has 0 spiro atoms. The van der Waals surface area contributed by atoms with Crippen LogP contribution in [0.25, 0.3) is 5.65 Å². The second-order valence-electron chi connectivity index (χ2n) is 8.12. The first-order valence-electron chi connectivity index (χ1n) is 10.6. The summed E-state index contributed by atoms with van der Waals surface area (Å²) < 4.78 is 35.1. The van der Waals surface area contributed by atoms with Crippen LogP contribution >= 0.6 is 0 Å². The van der Waals surface area contributed by atoms with Crippen molar-refractivity contribution in [2.45, 2.75) is 46.1 Å². The fourth-order valence-corrected chi connectivity index (χ4v) is 3.81. The fourth-order valence-electron chi connectivity index (χ4n) is 3.81. The molecule has 2 aromatic heterocycles. The van der Waals surface area contributed by atoms with Crippen LogP contribution in [0.4, 0.5) is 8.78 Å². The number of imidazole rings is 1. The topological polar surface area (TPSA) is 84.1 Å². The van der Waals surface area contributed by atoms with Crippen molar-refractivity contribution in [1.82, 2.24) is 9.38 Å². The number of aryl methyl sites for hydroxylation is 1. The number of carbonyl (C=O) groups excluding carboxylic acids is 1. The summed E-state index contributed by atoms with van der Waals surface area (Å²) in [7, 11) is 0. The van der Waals surface area contributed by atoms with Gasteiger partial charge in [-0.25, -0.2) is 13.8 Å². The predicted molar refractivity (Wildman–Crippen MR) is 116 cm³/mol. The molecule has 6 nitrogen and oxygen atoms in total. The number of halogens is 2. The lowest BCUT2D eigenvalue weighted by molar-refractivity contribution is 0.0352. The molecule has 0 bridgehead atoms. The average Bonchev–Trinajstić information content (AvgIpc) is 3.13. The Morgan fingerprint density at radius 3 is 2.47 bits per heavy atom. The van der Waals surface area contributed by atoms with Crippen molar-refractivity contribution in [2.24, 2.45) is 5.41 Å². The van der Waals surface area contributed by atoms with Crippen LogP contribution in [0.3, 0.4) is 0 Å². The fraction of sp³-hybridized carbons (Fsp3) is 0.417. The summed E-state index contributed by atoms with van der Waals surface area (Å²) in [6.07, 6.45) is 3.82. The molecule has 0 aliphatic rings. The highest BCUT2D eigenvalue weighted by Gasteiger charge is 2.33. The number of carbonyl (C=O) groups is 1. The van der Waals surface area contributed by atoms with E-state index in [9.17, 15) is 23.8 Å². The van der Waals surface area contributed by atoms with Crippen LogP contribution in [0.15, 0.2) is 36.5 Å². The summed E-state index contributed by atoms with van der Waals surface area (Å²) in [5.41, 5.74) is 0.0341. The summed E-state index contributed by atoms with van der Waals surface area (Å²) in [6.45, 7) is 2.76. The number of benzene rings is 1. The molecule has 0 saturated carbocycles. The Labute approximate surface area is 185 Å². The number of aromatic nitrogens is 2. The van der Waals surface area contributed by atoms with Crippen LogP contribution < -0.4 is 4.74 Å². The lowest BCUT2D eigenvalue weighted by Gasteiger charge is -2.29. The van der Waals surface area contributed by atoms with Crippen molar-refractivity contribution < 1.29 is 28.5 Å². The van der Waals surface area contributed by atoms with Crippen molar-refractivity contribution in [3.8, 4) is 5.75 Å². The summed E-state index contributed by atoms with van der Waals surface area (Å²) in [4.78, 5) is 17.6. The van der Waals surface area contributed by atoms with Gasteiger partial charge in [-0.15, -0.1) is 0 Å². The van der Waals surface area contributed by atoms with E-state index in [4.69, 9.17) is 4.74 Å². The van der Waals surface area contributed by atoms with Gasteiger partial charge >= 0.3 is 0 Å². The third-order valence-corrected chi connectivity index (χ3v) is 5.75. The van der Waals surface area contributed by atoms with E-state index in [1.54, 1.807) is 29.7 Å². The number of fused-ring (bicyclic) bond motifs is 1. The molecule has 3 aromatic rings. The van der Waals surface area contributed by atoms with Gasteiger partial charge in [0.05, 0.1) is 24.5 Å². The Hall–Kier alpha value is -2.84. The standard InChI is InChI=1S/C24H28F2N2O4/c1-3-4-10-24(14-29,15-30)12-20(31)22-16(2)27-23-21(9-6-11-28(22)23)32-13-17-18(25)7-5-8-19(17)26/h5-9,11,29-30H,3-4,10,12-15H2,1-2H3. The van der Waals surface area contributed by atoms with Gasteiger partial charge in [-0.05, 0) is 37.6 Å². The average molecular weight is 446 g/mol. The highest BCUT2D eigenvalue weighted by Crippen LogP contribution is 2.31. The molecule has 32 heavy (non-hydrogen) atoms. The Kier molecular flexibility index (Phi) is 7.58. The Morgan fingerprint density at radius 1 is 1.16 bits per heavy atom. The summed E-state index contributed by atoms with van der Waals surface area (Å²) in [5.74, 6) is -1.39. The van der Waals surface area contributed by atoms with Gasteiger partial charge < -0.3 is 14.9 Å². The van der Waals surface area contributed by atoms with Gasteiger partial charge in [0.25, 0.3) is 0 Å². The van der Waals surface area contributed by atoms with Crippen LogP contribution in [0.2, 0.25) is 0 Å². The van der Waals surface area contributed by atoms with Crippen molar-refractivity contribution in [3.05, 3.63) is 65.1 Å². The molecule has 172 valence electrons. The maximum absolute atomic E-state index is 13.9. The Bertz CT molecular complexity index is 1070. The molecule has 0 unspecified atom stereocenters. The number of hydrogen-bond acceptors (Lipinski definition) is 5. The van der Waals surface area contributed by atoms with Gasteiger partial charge in [0, 0.05) is 18.0 Å². The van der Waals surface area contributed by atoms with E-state index < -0.39 is 17.0 Å². The normalized spacial score (nSPS) is 11.8. The molecule has 3 rings (SSSR count). The number of pyridine rings is 1. The first kappa shape index (κ1) is 23.8. The lowest BCUT2D eigenvalue weighted by atomic mass is 9.79. The van der Waals surface area contributed by atoms with Gasteiger partial charge in [0.1, 0.15) is 23.9 Å². The summed E-state index contributed by atoms with van der Waals surface area (Å²) >= 11 is 0. The molecule has 0 aliphatic heterocycles. The predicted octanol–water partition coefficient (Wildman–Crippen LogP) is 4.23. The van der Waals surface area contributed by atoms with Gasteiger partial charge in [0.2, 0.25) is 0 Å². The van der Waals surface area contributed by atoms with E-state index in [1.807, 2.05) is 6.92 Å². The number of ether oxygens (including phenoxy) is 1. The van der Waals surface area contributed by atoms with Gasteiger partial charge in [-0.1, -0.05) is 25.8 Å². The maximum atomic E-state index is 13.9. The van der Waals surface area contributed by atoms with Crippen LogP contribution in [-0.2, 0) is 6.61 Å². The highest BCUT2D eigenvalue weighted by molar-refractivity contribution is 5.97. The largest absolute Gasteiger partial charge is 0.485 e. The van der Waals surface area contributed by atoms with E-state index in [-0.39, 0.29) is 43.3 Å². The van der Waals surface area contributed by atoms with Crippen molar-refractivity contribution in [3.63, 3.8) is 0 Å². The minimum Gasteiger partial charge on any atom is -0.485 e. The van der Waals surface area contributed by atoms with Gasteiger partial charge in [-0.2, -0.15) is 0 Å². The van der Waals surface area contributed by atoms with Crippen LogP contribution in [0.1, 0.15) is 54.4 Å². The quantitative estimate of drug-likeness (QED) is 0.431. The molecule has 8 heteroatoms. The molecular weight excluding hydrogens is 418 g/mol. The number of nitrogens with zero attached hydrogens (tertiary/aromatic N) is 2. The van der Waals surface area contributed by atoms with Crippen LogP contribution in [0.5, 0.6) is 5.75 Å². The minimum atomic E-state index is -0.903. The SMILES string of the molecule is CCCCC(CO)(CO)CC(=O)c1c(C)nc2c(OCc3c(F)cccc3F)cccn12. The second-order valence-corrected chi connectivity index (χ2v) is 8.12. The van der Waals surface area contributed by atoms with Crippen molar-refractivity contribution >= 4 is 11.4 Å². The molecule has 1 aromatic carbocycles. The molecule has 0 atom stereocenters. The molecule has 2 heterocycles. The molecular formula is C24H28F2N2O4. The molecule has 2 N–H and O–H groups in total. The number of ketones is 1.